The van der Waals surface area contributed by atoms with Gasteiger partial charge in [-0.3, -0.25) is 4.79 Å². The van der Waals surface area contributed by atoms with Crippen LogP contribution in [-0.4, -0.2) is 26.2 Å². The second-order valence-corrected chi connectivity index (χ2v) is 8.32. The second kappa shape index (κ2) is 7.99. The SMILES string of the molecule is O=C(CCCC1=NS(=O)(=O)c2ccccc2N1)NC1CCCCCC1. The van der Waals surface area contributed by atoms with Gasteiger partial charge in [-0.1, -0.05) is 37.8 Å². The van der Waals surface area contributed by atoms with Crippen molar-refractivity contribution >= 4 is 27.5 Å². The number of nitrogens with zero attached hydrogens (tertiary/aromatic N) is 1. The van der Waals surface area contributed by atoms with Gasteiger partial charge in [-0.25, -0.2) is 0 Å². The molecule has 1 fully saturated rings. The largest absolute Gasteiger partial charge is 0.353 e. The third-order valence-corrected chi connectivity index (χ3v) is 6.08. The van der Waals surface area contributed by atoms with Crippen LogP contribution < -0.4 is 10.6 Å². The van der Waals surface area contributed by atoms with E-state index in [1.54, 1.807) is 18.2 Å². The van der Waals surface area contributed by atoms with E-state index in [0.717, 1.165) is 12.8 Å². The highest BCUT2D eigenvalue weighted by Crippen LogP contribution is 2.27. The molecule has 1 amide bonds. The summed E-state index contributed by atoms with van der Waals surface area (Å²) in [6, 6.07) is 7.02. The quantitative estimate of drug-likeness (QED) is 0.786. The minimum atomic E-state index is -3.64. The van der Waals surface area contributed by atoms with E-state index in [1.165, 1.54) is 31.7 Å². The van der Waals surface area contributed by atoms with Gasteiger partial charge in [0.25, 0.3) is 10.0 Å². The molecule has 136 valence electrons. The van der Waals surface area contributed by atoms with E-state index in [-0.39, 0.29) is 10.8 Å². The van der Waals surface area contributed by atoms with Gasteiger partial charge in [0.05, 0.1) is 5.69 Å². The number of carbonyl (C=O) groups excluding carboxylic acids is 1. The molecule has 2 aliphatic rings. The van der Waals surface area contributed by atoms with Crippen molar-refractivity contribution in [2.75, 3.05) is 5.32 Å². The van der Waals surface area contributed by atoms with Crippen LogP contribution in [0, 0.1) is 0 Å². The molecule has 1 aliphatic carbocycles. The van der Waals surface area contributed by atoms with Gasteiger partial charge in [-0.15, -0.1) is 4.40 Å². The van der Waals surface area contributed by atoms with Crippen LogP contribution in [0.3, 0.4) is 0 Å². The average molecular weight is 363 g/mol. The monoisotopic (exact) mass is 363 g/mol. The number of amides is 1. The number of fused-ring (bicyclic) bond motifs is 1. The molecule has 0 saturated heterocycles. The lowest BCUT2D eigenvalue weighted by atomic mass is 10.1. The van der Waals surface area contributed by atoms with Crippen LogP contribution in [0.4, 0.5) is 5.69 Å². The minimum Gasteiger partial charge on any atom is -0.353 e. The molecule has 1 aliphatic heterocycles. The lowest BCUT2D eigenvalue weighted by molar-refractivity contribution is -0.121. The molecule has 1 aromatic rings. The van der Waals surface area contributed by atoms with Gasteiger partial charge in [0, 0.05) is 18.9 Å². The zero-order valence-corrected chi connectivity index (χ0v) is 15.1. The molecular weight excluding hydrogens is 338 g/mol. The molecule has 0 radical (unpaired) electrons. The molecule has 1 saturated carbocycles. The van der Waals surface area contributed by atoms with Crippen molar-refractivity contribution in [3.05, 3.63) is 24.3 Å². The fourth-order valence-electron chi connectivity index (χ4n) is 3.42. The Morgan fingerprint density at radius 2 is 1.88 bits per heavy atom. The third-order valence-electron chi connectivity index (χ3n) is 4.71. The Morgan fingerprint density at radius 3 is 2.64 bits per heavy atom. The Kier molecular flexibility index (Phi) is 5.73. The Morgan fingerprint density at radius 1 is 1.16 bits per heavy atom. The number of para-hydroxylation sites is 1. The molecule has 25 heavy (non-hydrogen) atoms. The van der Waals surface area contributed by atoms with E-state index in [2.05, 4.69) is 15.0 Å². The summed E-state index contributed by atoms with van der Waals surface area (Å²) in [5.41, 5.74) is 0.551. The van der Waals surface area contributed by atoms with Crippen LogP contribution in [0.15, 0.2) is 33.6 Å². The molecule has 0 spiro atoms. The zero-order valence-electron chi connectivity index (χ0n) is 14.3. The third kappa shape index (κ3) is 4.81. The Bertz CT molecular complexity index is 751. The number of nitrogens with one attached hydrogen (secondary N) is 2. The first-order valence-electron chi connectivity index (χ1n) is 9.04. The molecule has 1 heterocycles. The Balaban J connectivity index is 1.49. The number of sulfonamides is 1. The maximum atomic E-state index is 12.2. The smallest absolute Gasteiger partial charge is 0.286 e. The topological polar surface area (TPSA) is 87.6 Å². The maximum absolute atomic E-state index is 12.2. The van der Waals surface area contributed by atoms with E-state index >= 15 is 0 Å². The summed E-state index contributed by atoms with van der Waals surface area (Å²) in [7, 11) is -3.64. The zero-order chi connectivity index (χ0) is 17.7. The van der Waals surface area contributed by atoms with Gasteiger partial charge in [0.2, 0.25) is 5.91 Å². The molecule has 3 rings (SSSR count). The summed E-state index contributed by atoms with van der Waals surface area (Å²) in [6.45, 7) is 0. The van der Waals surface area contributed by atoms with E-state index in [0.29, 0.717) is 36.8 Å². The number of carbonyl (C=O) groups is 1. The molecule has 0 bridgehead atoms. The Hall–Kier alpha value is -1.89. The van der Waals surface area contributed by atoms with Gasteiger partial charge in [-0.05, 0) is 31.4 Å². The first kappa shape index (κ1) is 17.9. The van der Waals surface area contributed by atoms with Crippen LogP contribution in [-0.2, 0) is 14.8 Å². The standard InChI is InChI=1S/C18H25N3O3S/c22-18(19-14-8-3-1-2-4-9-14)13-7-12-17-20-15-10-5-6-11-16(15)25(23,24)21-17/h5-6,10-11,14H,1-4,7-9,12-13H2,(H,19,22)(H,20,21). The van der Waals surface area contributed by atoms with Crippen LogP contribution in [0.5, 0.6) is 0 Å². The van der Waals surface area contributed by atoms with Gasteiger partial charge < -0.3 is 10.6 Å². The summed E-state index contributed by atoms with van der Waals surface area (Å²) < 4.78 is 28.2. The summed E-state index contributed by atoms with van der Waals surface area (Å²) >= 11 is 0. The van der Waals surface area contributed by atoms with Crippen LogP contribution >= 0.6 is 0 Å². The van der Waals surface area contributed by atoms with E-state index in [1.807, 2.05) is 0 Å². The molecule has 7 heteroatoms. The van der Waals surface area contributed by atoms with Crippen molar-refractivity contribution in [3.8, 4) is 0 Å². The fraction of sp³-hybridized carbons (Fsp3) is 0.556. The van der Waals surface area contributed by atoms with Gasteiger partial charge >= 0.3 is 0 Å². The molecule has 0 atom stereocenters. The van der Waals surface area contributed by atoms with E-state index < -0.39 is 10.0 Å². The first-order chi connectivity index (χ1) is 12.0. The highest BCUT2D eigenvalue weighted by atomic mass is 32.2. The summed E-state index contributed by atoms with van der Waals surface area (Å²) in [5.74, 6) is 0.451. The van der Waals surface area contributed by atoms with Crippen molar-refractivity contribution in [2.24, 2.45) is 4.40 Å². The van der Waals surface area contributed by atoms with Crippen LogP contribution in [0.25, 0.3) is 0 Å². The molecule has 0 unspecified atom stereocenters. The molecule has 2 N–H and O–H groups in total. The van der Waals surface area contributed by atoms with Crippen molar-refractivity contribution in [2.45, 2.75) is 68.7 Å². The molecule has 6 nitrogen and oxygen atoms in total. The minimum absolute atomic E-state index is 0.0477. The predicted molar refractivity (Wildman–Crippen MR) is 98.2 cm³/mol. The van der Waals surface area contributed by atoms with Gasteiger partial charge in [0.15, 0.2) is 0 Å². The number of hydrogen-bond donors (Lipinski definition) is 2. The first-order valence-corrected chi connectivity index (χ1v) is 10.5. The highest BCUT2D eigenvalue weighted by molar-refractivity contribution is 7.90. The molecule has 0 aromatic heterocycles. The molecular formula is C18H25N3O3S. The van der Waals surface area contributed by atoms with Gasteiger partial charge in [-0.2, -0.15) is 8.42 Å². The number of rotatable bonds is 5. The van der Waals surface area contributed by atoms with Crippen LogP contribution in [0.1, 0.15) is 57.8 Å². The highest BCUT2D eigenvalue weighted by Gasteiger charge is 2.24. The number of hydrogen-bond acceptors (Lipinski definition) is 4. The fourth-order valence-corrected chi connectivity index (χ4v) is 4.59. The number of amidine groups is 1. The number of anilines is 1. The predicted octanol–water partition coefficient (Wildman–Crippen LogP) is 3.21. The lowest BCUT2D eigenvalue weighted by Gasteiger charge is -2.18. The molecule has 1 aromatic carbocycles. The van der Waals surface area contributed by atoms with Crippen LogP contribution in [0.2, 0.25) is 0 Å². The second-order valence-electron chi connectivity index (χ2n) is 6.74. The van der Waals surface area contributed by atoms with E-state index in [4.69, 9.17) is 0 Å². The van der Waals surface area contributed by atoms with Crippen molar-refractivity contribution in [3.63, 3.8) is 0 Å². The van der Waals surface area contributed by atoms with Crippen molar-refractivity contribution < 1.29 is 13.2 Å². The summed E-state index contributed by atoms with van der Waals surface area (Å²) in [4.78, 5) is 12.3. The lowest BCUT2D eigenvalue weighted by Crippen LogP contribution is -2.34. The maximum Gasteiger partial charge on any atom is 0.286 e. The van der Waals surface area contributed by atoms with Crippen molar-refractivity contribution in [1.29, 1.82) is 0 Å². The summed E-state index contributed by atoms with van der Waals surface area (Å²) in [6.07, 6.45) is 8.41. The average Bonchev–Trinajstić information content (AvgIpc) is 2.83. The summed E-state index contributed by atoms with van der Waals surface area (Å²) in [5, 5.41) is 6.17. The van der Waals surface area contributed by atoms with Gasteiger partial charge in [0.1, 0.15) is 10.7 Å². The van der Waals surface area contributed by atoms with E-state index in [9.17, 15) is 13.2 Å². The number of benzene rings is 1. The van der Waals surface area contributed by atoms with Crippen molar-refractivity contribution in [1.82, 2.24) is 5.32 Å². The normalized spacial score (nSPS) is 19.9. The Labute approximate surface area is 149 Å².